The Bertz CT molecular complexity index is 1170. The van der Waals surface area contributed by atoms with Crippen LogP contribution in [0.3, 0.4) is 0 Å². The number of hydrogen-bond acceptors (Lipinski definition) is 13. The van der Waals surface area contributed by atoms with Crippen molar-refractivity contribution >= 4 is 36.2 Å². The summed E-state index contributed by atoms with van der Waals surface area (Å²) >= 11 is 0. The normalized spacial score (nSPS) is 15.8. The minimum absolute atomic E-state index is 0.0420. The molecule has 1 saturated heterocycles. The van der Waals surface area contributed by atoms with E-state index in [2.05, 4.69) is 10.6 Å². The van der Waals surface area contributed by atoms with Gasteiger partial charge in [-0.3, -0.25) is 38.8 Å². The zero-order valence-corrected chi connectivity index (χ0v) is 27.5. The molecule has 4 N–H and O–H groups in total. The molecule has 0 radical (unpaired) electrons. The van der Waals surface area contributed by atoms with Crippen LogP contribution < -0.4 is 15.4 Å². The largest absolute Gasteiger partial charge is 0.513 e. The number of ether oxygens (including phenoxy) is 3. The van der Waals surface area contributed by atoms with Crippen molar-refractivity contribution in [3.8, 4) is 5.75 Å². The lowest BCUT2D eigenvalue weighted by molar-refractivity contribution is -0.140. The molecule has 1 aliphatic rings. The molecule has 2 amide bonds. The van der Waals surface area contributed by atoms with Crippen molar-refractivity contribution in [3.05, 3.63) is 29.8 Å². The minimum atomic E-state index is -1.00. The second-order valence-electron chi connectivity index (χ2n) is 11.0. The van der Waals surface area contributed by atoms with Crippen LogP contribution in [0.1, 0.15) is 23.7 Å². The monoisotopic (exact) mass is 680 g/mol. The Morgan fingerprint density at radius 1 is 0.729 bits per heavy atom. The molecule has 1 aromatic carbocycles. The van der Waals surface area contributed by atoms with E-state index in [1.807, 2.05) is 16.7 Å². The molecule has 48 heavy (non-hydrogen) atoms. The van der Waals surface area contributed by atoms with Crippen LogP contribution in [0.5, 0.6) is 5.75 Å². The number of carbonyl (C=O) groups excluding carboxylic acids is 4. The molecular formula is C31H48N6O11. The highest BCUT2D eigenvalue weighted by molar-refractivity contribution is 5.94. The quantitative estimate of drug-likeness (QED) is 0.0639. The third-order valence-corrected chi connectivity index (χ3v) is 7.22. The van der Waals surface area contributed by atoms with Gasteiger partial charge >= 0.3 is 18.1 Å². The summed E-state index contributed by atoms with van der Waals surface area (Å²) < 4.78 is 15.5. The SMILES string of the molecule is CCCNC(=O)c1ccc(OC(=O)OCCOCCNC(=O)CN2CCN(CC=O)CCN(CC(=O)O)CCN(CC(=O)O)CC2)cc1. The average Bonchev–Trinajstić information content (AvgIpc) is 3.04. The van der Waals surface area contributed by atoms with Gasteiger partial charge in [-0.2, -0.15) is 0 Å². The van der Waals surface area contributed by atoms with E-state index < -0.39 is 18.1 Å². The van der Waals surface area contributed by atoms with Gasteiger partial charge in [0.25, 0.3) is 5.91 Å². The molecule has 17 heteroatoms. The molecule has 0 unspecified atom stereocenters. The number of hydrogen-bond donors (Lipinski definition) is 4. The van der Waals surface area contributed by atoms with Crippen LogP contribution in [0, 0.1) is 0 Å². The van der Waals surface area contributed by atoms with E-state index in [0.29, 0.717) is 64.5 Å². The maximum atomic E-state index is 12.7. The van der Waals surface area contributed by atoms with E-state index >= 15 is 0 Å². The highest BCUT2D eigenvalue weighted by Gasteiger charge is 2.20. The van der Waals surface area contributed by atoms with E-state index in [1.165, 1.54) is 12.1 Å². The Morgan fingerprint density at radius 2 is 1.27 bits per heavy atom. The van der Waals surface area contributed by atoms with Crippen LogP contribution in [0.2, 0.25) is 0 Å². The molecule has 17 nitrogen and oxygen atoms in total. The molecule has 0 spiro atoms. The second kappa shape index (κ2) is 23.2. The molecular weight excluding hydrogens is 632 g/mol. The number of carboxylic acids is 2. The molecule has 1 heterocycles. The summed E-state index contributed by atoms with van der Waals surface area (Å²) in [6.45, 7) is 5.81. The lowest BCUT2D eigenvalue weighted by Gasteiger charge is -2.32. The number of rotatable bonds is 18. The van der Waals surface area contributed by atoms with Crippen LogP contribution in [0.25, 0.3) is 0 Å². The molecule has 0 aromatic heterocycles. The van der Waals surface area contributed by atoms with E-state index in [1.54, 1.807) is 21.9 Å². The first-order valence-electron chi connectivity index (χ1n) is 15.9. The summed E-state index contributed by atoms with van der Waals surface area (Å²) in [6.07, 6.45) is 0.675. The lowest BCUT2D eigenvalue weighted by atomic mass is 10.2. The van der Waals surface area contributed by atoms with E-state index in [4.69, 9.17) is 14.2 Å². The second-order valence-corrected chi connectivity index (χ2v) is 11.0. The number of nitrogens with zero attached hydrogens (tertiary/aromatic N) is 4. The summed E-state index contributed by atoms with van der Waals surface area (Å²) in [5.74, 6) is -2.25. The highest BCUT2D eigenvalue weighted by Crippen LogP contribution is 2.13. The summed E-state index contributed by atoms with van der Waals surface area (Å²) in [7, 11) is 0. The zero-order chi connectivity index (χ0) is 35.1. The topological polar surface area (TPSA) is 208 Å². The van der Waals surface area contributed by atoms with E-state index in [0.717, 1.165) is 12.7 Å². The standard InChI is InChI=1S/C31H48N6O11/c1-2-7-33-30(44)25-3-5-26(6-4-25)48-31(45)47-21-20-46-19-8-32-27(39)22-35-11-9-34(17-18-38)10-12-36(23-28(40)41)15-16-37(14-13-35)24-29(42)43/h3-6,18H,2,7-17,19-24H2,1H3,(H,32,39)(H,33,44)(H,40,41)(H,42,43). The third kappa shape index (κ3) is 17.7. The van der Waals surface area contributed by atoms with Crippen molar-refractivity contribution in [1.29, 1.82) is 0 Å². The van der Waals surface area contributed by atoms with Crippen LogP contribution in [0.15, 0.2) is 24.3 Å². The van der Waals surface area contributed by atoms with Gasteiger partial charge in [-0.05, 0) is 30.7 Å². The number of aliphatic carboxylic acids is 2. The number of amides is 2. The van der Waals surface area contributed by atoms with Crippen molar-refractivity contribution in [2.45, 2.75) is 13.3 Å². The Labute approximate surface area is 280 Å². The van der Waals surface area contributed by atoms with Gasteiger partial charge in [0.05, 0.1) is 39.4 Å². The summed E-state index contributed by atoms with van der Waals surface area (Å²) in [5, 5.41) is 24.1. The van der Waals surface area contributed by atoms with Crippen LogP contribution in [-0.4, -0.2) is 177 Å². The first kappa shape index (κ1) is 40.0. The van der Waals surface area contributed by atoms with Gasteiger partial charge in [0.1, 0.15) is 18.6 Å². The van der Waals surface area contributed by atoms with Crippen LogP contribution >= 0.6 is 0 Å². The first-order chi connectivity index (χ1) is 23.1. The zero-order valence-electron chi connectivity index (χ0n) is 27.5. The molecule has 0 aliphatic carbocycles. The van der Waals surface area contributed by atoms with E-state index in [-0.39, 0.29) is 70.1 Å². The van der Waals surface area contributed by atoms with Gasteiger partial charge in [-0.1, -0.05) is 6.92 Å². The van der Waals surface area contributed by atoms with Gasteiger partial charge in [0.15, 0.2) is 0 Å². The molecule has 268 valence electrons. The van der Waals surface area contributed by atoms with Gasteiger partial charge in [0.2, 0.25) is 5.91 Å². The molecule has 1 aromatic rings. The summed E-state index contributed by atoms with van der Waals surface area (Å²) in [6, 6.07) is 6.06. The number of benzene rings is 1. The fraction of sp³-hybridized carbons (Fsp3) is 0.613. The first-order valence-corrected chi connectivity index (χ1v) is 15.9. The highest BCUT2D eigenvalue weighted by atomic mass is 16.7. The molecule has 2 rings (SSSR count). The number of nitrogens with one attached hydrogen (secondary N) is 2. The van der Waals surface area contributed by atoms with Gasteiger partial charge < -0.3 is 39.9 Å². The predicted octanol–water partition coefficient (Wildman–Crippen LogP) is -0.936. The lowest BCUT2D eigenvalue weighted by Crippen LogP contribution is -2.49. The number of aldehydes is 1. The number of carbonyl (C=O) groups is 6. The average molecular weight is 681 g/mol. The predicted molar refractivity (Wildman–Crippen MR) is 172 cm³/mol. The Hall–Kier alpha value is -4.16. The van der Waals surface area contributed by atoms with Gasteiger partial charge in [0, 0.05) is 71.0 Å². The molecule has 0 bridgehead atoms. The van der Waals surface area contributed by atoms with Crippen molar-refractivity contribution in [1.82, 2.24) is 30.2 Å². The van der Waals surface area contributed by atoms with Crippen molar-refractivity contribution in [2.24, 2.45) is 0 Å². The van der Waals surface area contributed by atoms with Crippen LogP contribution in [-0.2, 0) is 28.7 Å². The van der Waals surface area contributed by atoms with Crippen LogP contribution in [0.4, 0.5) is 4.79 Å². The van der Waals surface area contributed by atoms with E-state index in [9.17, 15) is 39.0 Å². The van der Waals surface area contributed by atoms with Crippen molar-refractivity contribution in [3.63, 3.8) is 0 Å². The fourth-order valence-corrected chi connectivity index (χ4v) is 4.67. The van der Waals surface area contributed by atoms with Gasteiger partial charge in [-0.15, -0.1) is 0 Å². The smallest absolute Gasteiger partial charge is 0.480 e. The molecule has 0 atom stereocenters. The molecule has 1 aliphatic heterocycles. The minimum Gasteiger partial charge on any atom is -0.480 e. The van der Waals surface area contributed by atoms with Crippen molar-refractivity contribution < 1.29 is 53.2 Å². The fourth-order valence-electron chi connectivity index (χ4n) is 4.67. The maximum absolute atomic E-state index is 12.7. The van der Waals surface area contributed by atoms with Gasteiger partial charge in [-0.25, -0.2) is 4.79 Å². The maximum Gasteiger partial charge on any atom is 0.513 e. The Kier molecular flexibility index (Phi) is 19.4. The summed E-state index contributed by atoms with van der Waals surface area (Å²) in [4.78, 5) is 77.8. The Morgan fingerprint density at radius 3 is 1.79 bits per heavy atom. The van der Waals surface area contributed by atoms with Crippen molar-refractivity contribution in [2.75, 3.05) is 111 Å². The third-order valence-electron chi connectivity index (χ3n) is 7.22. The number of carboxylic acid groups (broad SMARTS) is 2. The molecule has 1 fully saturated rings. The summed E-state index contributed by atoms with van der Waals surface area (Å²) in [5.41, 5.74) is 0.444. The molecule has 0 saturated carbocycles. The Balaban J connectivity index is 1.73.